The van der Waals surface area contributed by atoms with Crippen molar-refractivity contribution in [3.05, 3.63) is 11.8 Å². The Hall–Kier alpha value is -0.790. The fourth-order valence-corrected chi connectivity index (χ4v) is 13.9. The molecule has 0 aromatic carbocycles. The molecule has 2 nitrogen and oxygen atoms in total. The minimum Gasteiger partial charge on any atom is -0.431 e. The highest BCUT2D eigenvalue weighted by atomic mass is 16.5. The summed E-state index contributed by atoms with van der Waals surface area (Å²) in [6.07, 6.45) is 32.3. The summed E-state index contributed by atoms with van der Waals surface area (Å²) < 4.78 is 6.58. The number of ether oxygens (including phenoxy) is 1. The molecule has 5 aliphatic rings. The van der Waals surface area contributed by atoms with Gasteiger partial charge in [0.25, 0.3) is 0 Å². The van der Waals surface area contributed by atoms with Gasteiger partial charge in [0.1, 0.15) is 5.76 Å². The fraction of sp³-hybridized carbons (Fsp3) is 0.935. The smallest absolute Gasteiger partial charge is 0.310 e. The molecule has 276 valence electrons. The third-order valence-electron chi connectivity index (χ3n) is 16.9. The van der Waals surface area contributed by atoms with Gasteiger partial charge in [0.2, 0.25) is 0 Å². The van der Waals surface area contributed by atoms with E-state index in [1.54, 1.807) is 0 Å². The third kappa shape index (κ3) is 7.14. The van der Waals surface area contributed by atoms with Crippen LogP contribution in [0.5, 0.6) is 0 Å². The second-order valence-electron chi connectivity index (χ2n) is 20.3. The van der Waals surface area contributed by atoms with E-state index in [4.69, 9.17) is 4.74 Å². The largest absolute Gasteiger partial charge is 0.431 e. The van der Waals surface area contributed by atoms with Crippen molar-refractivity contribution in [2.45, 2.75) is 210 Å². The van der Waals surface area contributed by atoms with E-state index >= 15 is 0 Å². The highest BCUT2D eigenvalue weighted by Crippen LogP contribution is 2.77. The van der Waals surface area contributed by atoms with Crippen LogP contribution >= 0.6 is 0 Å². The summed E-state index contributed by atoms with van der Waals surface area (Å²) in [6, 6.07) is 0. The van der Waals surface area contributed by atoms with Gasteiger partial charge in [-0.25, -0.2) is 0 Å². The van der Waals surface area contributed by atoms with E-state index < -0.39 is 0 Å². The number of hydrogen-bond donors (Lipinski definition) is 0. The number of rotatable bonds is 16. The van der Waals surface area contributed by atoms with Gasteiger partial charge in [-0.05, 0) is 127 Å². The lowest BCUT2D eigenvalue weighted by molar-refractivity contribution is -0.229. The second-order valence-corrected chi connectivity index (χ2v) is 20.3. The zero-order valence-electron chi connectivity index (χ0n) is 33.6. The molecule has 0 aromatic rings. The molecule has 2 heteroatoms. The highest BCUT2D eigenvalue weighted by molar-refractivity contribution is 5.70. The van der Waals surface area contributed by atoms with Crippen LogP contribution in [0.4, 0.5) is 0 Å². The van der Waals surface area contributed by atoms with E-state index in [0.717, 1.165) is 48.7 Å². The standard InChI is InChI=1S/C46H80O2/c1-10-11-12-13-14-15-16-17-18-19-20-21-22-23-40(47)48-39-28-29-42(4,5)37-27-31-45(8)38(46(37,39)9)25-24-36-41-35(34(2)3)26-30-43(41,6)32-33-44(36,45)7/h28,34-38,41H,10-27,29-33H2,1-9H3/t35-,36+,37-,38-,41+,43+,44+,45+,46-/m0/s1. The summed E-state index contributed by atoms with van der Waals surface area (Å²) in [4.78, 5) is 13.5. The molecule has 0 heterocycles. The average molecular weight is 665 g/mol. The number of unbranched alkanes of at least 4 members (excludes halogenated alkanes) is 12. The van der Waals surface area contributed by atoms with Crippen LogP contribution in [-0.4, -0.2) is 5.97 Å². The molecule has 48 heavy (non-hydrogen) atoms. The van der Waals surface area contributed by atoms with Gasteiger partial charge in [-0.1, -0.05) is 139 Å². The van der Waals surface area contributed by atoms with E-state index in [0.29, 0.717) is 34.5 Å². The molecule has 5 rings (SSSR count). The van der Waals surface area contributed by atoms with E-state index in [-0.39, 0.29) is 16.8 Å². The first kappa shape index (κ1) is 38.4. The maximum Gasteiger partial charge on any atom is 0.310 e. The number of carbonyl (C=O) groups is 1. The lowest BCUT2D eigenvalue weighted by atomic mass is 9.33. The lowest BCUT2D eigenvalue weighted by Gasteiger charge is -2.72. The summed E-state index contributed by atoms with van der Waals surface area (Å²) in [5.41, 5.74) is 1.41. The number of allylic oxidation sites excluding steroid dienone is 2. The highest BCUT2D eigenvalue weighted by Gasteiger charge is 2.70. The van der Waals surface area contributed by atoms with Crippen LogP contribution in [0.25, 0.3) is 0 Å². The summed E-state index contributed by atoms with van der Waals surface area (Å²) in [5.74, 6) is 5.69. The van der Waals surface area contributed by atoms with Gasteiger partial charge in [-0.3, -0.25) is 4.79 Å². The van der Waals surface area contributed by atoms with Crippen LogP contribution in [0.2, 0.25) is 0 Å². The fourth-order valence-electron chi connectivity index (χ4n) is 13.9. The monoisotopic (exact) mass is 665 g/mol. The second kappa shape index (κ2) is 15.4. The van der Waals surface area contributed by atoms with Crippen molar-refractivity contribution >= 4 is 5.97 Å². The molecule has 0 spiro atoms. The molecule has 4 saturated carbocycles. The van der Waals surface area contributed by atoms with Crippen molar-refractivity contribution in [3.63, 3.8) is 0 Å². The topological polar surface area (TPSA) is 26.3 Å². The Morgan fingerprint density at radius 1 is 0.708 bits per heavy atom. The van der Waals surface area contributed by atoms with Crippen LogP contribution in [0.15, 0.2) is 11.8 Å². The summed E-state index contributed by atoms with van der Waals surface area (Å²) in [6.45, 7) is 23.0. The van der Waals surface area contributed by atoms with Crippen LogP contribution in [-0.2, 0) is 9.53 Å². The summed E-state index contributed by atoms with van der Waals surface area (Å²) >= 11 is 0. The van der Waals surface area contributed by atoms with E-state index in [1.165, 1.54) is 122 Å². The molecule has 5 aliphatic carbocycles. The van der Waals surface area contributed by atoms with Crippen molar-refractivity contribution in [1.82, 2.24) is 0 Å². The molecular weight excluding hydrogens is 585 g/mol. The van der Waals surface area contributed by atoms with E-state index in [2.05, 4.69) is 68.4 Å². The van der Waals surface area contributed by atoms with E-state index in [1.807, 2.05) is 0 Å². The van der Waals surface area contributed by atoms with Gasteiger partial charge in [-0.2, -0.15) is 0 Å². The first-order chi connectivity index (χ1) is 22.7. The predicted molar refractivity (Wildman–Crippen MR) is 205 cm³/mol. The first-order valence-corrected chi connectivity index (χ1v) is 21.7. The zero-order valence-corrected chi connectivity index (χ0v) is 33.6. The predicted octanol–water partition coefficient (Wildman–Crippen LogP) is 14.3. The van der Waals surface area contributed by atoms with Gasteiger partial charge >= 0.3 is 5.97 Å². The number of carbonyl (C=O) groups excluding carboxylic acids is 1. The Morgan fingerprint density at radius 3 is 1.92 bits per heavy atom. The maximum atomic E-state index is 13.5. The molecule has 0 aliphatic heterocycles. The van der Waals surface area contributed by atoms with Gasteiger partial charge < -0.3 is 4.74 Å². The molecule has 4 fully saturated rings. The van der Waals surface area contributed by atoms with E-state index in [9.17, 15) is 4.79 Å². The van der Waals surface area contributed by atoms with Crippen molar-refractivity contribution in [3.8, 4) is 0 Å². The molecule has 0 amide bonds. The molecular formula is C46H80O2. The minimum atomic E-state index is -0.0533. The molecule has 0 radical (unpaired) electrons. The average Bonchev–Trinajstić information content (AvgIpc) is 3.39. The third-order valence-corrected chi connectivity index (χ3v) is 16.9. The lowest BCUT2D eigenvalue weighted by Crippen LogP contribution is -2.65. The number of hydrogen-bond acceptors (Lipinski definition) is 2. The number of esters is 1. The molecule has 0 unspecified atom stereocenters. The Labute approximate surface area is 299 Å². The van der Waals surface area contributed by atoms with Crippen molar-refractivity contribution in [2.24, 2.45) is 62.6 Å². The Balaban J connectivity index is 1.19. The summed E-state index contributed by atoms with van der Waals surface area (Å²) in [5, 5.41) is 0. The Bertz CT molecular complexity index is 1100. The van der Waals surface area contributed by atoms with Crippen LogP contribution in [0.1, 0.15) is 210 Å². The zero-order chi connectivity index (χ0) is 34.8. The van der Waals surface area contributed by atoms with Crippen LogP contribution in [0.3, 0.4) is 0 Å². The van der Waals surface area contributed by atoms with Gasteiger partial charge in [0.05, 0.1) is 0 Å². The molecule has 0 N–H and O–H groups in total. The Morgan fingerprint density at radius 2 is 1.31 bits per heavy atom. The van der Waals surface area contributed by atoms with Crippen LogP contribution < -0.4 is 0 Å². The van der Waals surface area contributed by atoms with Gasteiger partial charge in [-0.15, -0.1) is 0 Å². The van der Waals surface area contributed by atoms with Gasteiger partial charge in [0.15, 0.2) is 0 Å². The number of fused-ring (bicyclic) bond motifs is 7. The summed E-state index contributed by atoms with van der Waals surface area (Å²) in [7, 11) is 0. The van der Waals surface area contributed by atoms with Crippen LogP contribution in [0, 0.1) is 62.6 Å². The molecule has 0 bridgehead atoms. The van der Waals surface area contributed by atoms with Crippen molar-refractivity contribution in [2.75, 3.05) is 0 Å². The molecule has 9 atom stereocenters. The Kier molecular flexibility index (Phi) is 12.4. The maximum absolute atomic E-state index is 13.5. The minimum absolute atomic E-state index is 0.0374. The molecule has 0 aromatic heterocycles. The normalized spacial score (nSPS) is 40.0. The first-order valence-electron chi connectivity index (χ1n) is 21.7. The molecule has 0 saturated heterocycles. The van der Waals surface area contributed by atoms with Gasteiger partial charge in [0, 0.05) is 11.8 Å². The van der Waals surface area contributed by atoms with Crippen molar-refractivity contribution < 1.29 is 9.53 Å². The SMILES string of the molecule is CCCCCCCCCCCCCCCC(=O)OC1=CCC(C)(C)[C@@H]2CC[C@]3(C)[C@H](CC[C@@H]4[C@H]5[C@H](C(C)C)CC[C@]5(C)CC[C@]43C)[C@@]12C. The van der Waals surface area contributed by atoms with Crippen molar-refractivity contribution in [1.29, 1.82) is 0 Å². The quantitative estimate of drug-likeness (QED) is 0.121.